The number of nitrogens with one attached hydrogen (secondary N) is 2. The van der Waals surface area contributed by atoms with Gasteiger partial charge in [0.2, 0.25) is 5.91 Å². The van der Waals surface area contributed by atoms with E-state index in [-0.39, 0.29) is 37.2 Å². The first-order chi connectivity index (χ1) is 35.1. The van der Waals surface area contributed by atoms with E-state index in [2.05, 4.69) is 10.9 Å². The topological polar surface area (TPSA) is 341 Å². The number of aliphatic hydroxyl groups is 10. The Morgan fingerprint density at radius 3 is 1.86 bits per heavy atom. The highest BCUT2D eigenvalue weighted by Gasteiger charge is 2.51. The fourth-order valence-corrected chi connectivity index (χ4v) is 8.85. The van der Waals surface area contributed by atoms with Gasteiger partial charge in [0.25, 0.3) is 5.91 Å². The monoisotopic (exact) mass is 1040 g/mol. The Labute approximate surface area is 432 Å². The van der Waals surface area contributed by atoms with Crippen LogP contribution in [0.15, 0.2) is 115 Å². The summed E-state index contributed by atoms with van der Waals surface area (Å²) in [6.07, 6.45) is 3.10. The molecule has 20 heteroatoms. The number of allylic oxidation sites excluding steroid dienone is 12. The molecule has 0 aliphatic carbocycles. The van der Waals surface area contributed by atoms with Crippen molar-refractivity contribution in [1.29, 1.82) is 0 Å². The van der Waals surface area contributed by atoms with Crippen molar-refractivity contribution in [3.8, 4) is 0 Å². The van der Waals surface area contributed by atoms with Crippen LogP contribution in [0.5, 0.6) is 0 Å². The van der Waals surface area contributed by atoms with Crippen LogP contribution >= 0.6 is 0 Å². The van der Waals surface area contributed by atoms with Crippen molar-refractivity contribution in [2.45, 2.75) is 177 Å². The summed E-state index contributed by atoms with van der Waals surface area (Å²) >= 11 is 0. The maximum atomic E-state index is 13.9. The van der Waals surface area contributed by atoms with Crippen LogP contribution < -0.4 is 16.6 Å². The largest absolute Gasteiger partial charge is 0.462 e. The summed E-state index contributed by atoms with van der Waals surface area (Å²) in [5.41, 5.74) is 10.9. The zero-order chi connectivity index (χ0) is 54.5. The molecule has 0 radical (unpaired) electrons. The smallest absolute Gasteiger partial charge is 0.308 e. The number of fused-ring (bicyclic) bond motifs is 2. The molecule has 2 bridgehead atoms. The molecule has 1 aromatic rings. The van der Waals surface area contributed by atoms with Crippen molar-refractivity contribution in [3.05, 3.63) is 121 Å². The molecule has 2 amide bonds. The summed E-state index contributed by atoms with van der Waals surface area (Å²) in [5, 5.41) is 110. The Morgan fingerprint density at radius 1 is 0.649 bits per heavy atom. The molecule has 20 nitrogen and oxygen atoms in total. The number of nitrogens with two attached hydrogens (primary N) is 1. The number of amides is 2. The molecular weight excluding hydrogens is 963 g/mol. The van der Waals surface area contributed by atoms with E-state index in [4.69, 9.17) is 24.7 Å². The van der Waals surface area contributed by atoms with Gasteiger partial charge >= 0.3 is 5.97 Å². The van der Waals surface area contributed by atoms with Gasteiger partial charge in [-0.25, -0.2) is 0 Å². The van der Waals surface area contributed by atoms with Crippen LogP contribution in [0.1, 0.15) is 89.4 Å². The number of cyclic esters (lactones) is 1. The van der Waals surface area contributed by atoms with E-state index >= 15 is 0 Å². The second kappa shape index (κ2) is 30.7. The molecule has 3 aliphatic heterocycles. The van der Waals surface area contributed by atoms with Crippen LogP contribution in [0.25, 0.3) is 0 Å². The van der Waals surface area contributed by atoms with Gasteiger partial charge in [-0.05, 0) is 45.2 Å². The normalized spacial score (nSPS) is 41.2. The lowest BCUT2D eigenvalue weighted by Crippen LogP contribution is -2.62. The lowest BCUT2D eigenvalue weighted by Gasteiger charge is -2.46. The summed E-state index contributed by atoms with van der Waals surface area (Å²) in [7, 11) is 0. The number of carbonyl (C=O) groups excluding carboxylic acids is 3. The number of rotatable bonds is 4. The minimum Gasteiger partial charge on any atom is -0.462 e. The van der Waals surface area contributed by atoms with Crippen LogP contribution in [0.4, 0.5) is 0 Å². The fourth-order valence-electron chi connectivity index (χ4n) is 8.85. The molecule has 0 aromatic heterocycles. The third kappa shape index (κ3) is 20.1. The van der Waals surface area contributed by atoms with E-state index in [1.54, 1.807) is 98.9 Å². The summed E-state index contributed by atoms with van der Waals surface area (Å²) < 4.78 is 23.7. The number of benzene rings is 1. The number of ether oxygens (including phenoxy) is 4. The second-order valence-corrected chi connectivity index (χ2v) is 19.5. The predicted molar refractivity (Wildman–Crippen MR) is 271 cm³/mol. The molecule has 1 aromatic carbocycles. The highest BCUT2D eigenvalue weighted by atomic mass is 16.7. The number of hydrogen-bond acceptors (Lipinski definition) is 18. The Balaban J connectivity index is 1.62. The van der Waals surface area contributed by atoms with E-state index in [9.17, 15) is 65.4 Å². The number of esters is 1. The van der Waals surface area contributed by atoms with Gasteiger partial charge in [-0.15, -0.1) is 0 Å². The molecule has 19 atom stereocenters. The average Bonchev–Trinajstić information content (AvgIpc) is 3.34. The van der Waals surface area contributed by atoms with E-state index in [0.29, 0.717) is 0 Å². The van der Waals surface area contributed by atoms with Gasteiger partial charge in [0, 0.05) is 43.1 Å². The van der Waals surface area contributed by atoms with Crippen LogP contribution in [-0.4, -0.2) is 166 Å². The summed E-state index contributed by atoms with van der Waals surface area (Å²) in [6.45, 7) is 6.74. The molecule has 0 saturated carbocycles. The van der Waals surface area contributed by atoms with Crippen molar-refractivity contribution in [2.75, 3.05) is 0 Å². The zero-order valence-corrected chi connectivity index (χ0v) is 42.4. The van der Waals surface area contributed by atoms with Crippen molar-refractivity contribution >= 4 is 17.8 Å². The van der Waals surface area contributed by atoms with Crippen molar-refractivity contribution in [1.82, 2.24) is 10.9 Å². The van der Waals surface area contributed by atoms with Crippen molar-refractivity contribution in [3.63, 3.8) is 0 Å². The summed E-state index contributed by atoms with van der Waals surface area (Å²) in [5.74, 6) is -6.96. The maximum Gasteiger partial charge on any atom is 0.308 e. The Bertz CT molecular complexity index is 2100. The number of aliphatic hydroxyl groups excluding tert-OH is 9. The number of hydrogen-bond donors (Lipinski definition) is 13. The van der Waals surface area contributed by atoms with E-state index in [0.717, 1.165) is 0 Å². The molecule has 412 valence electrons. The predicted octanol–water partition coefficient (Wildman–Crippen LogP) is 1.09. The van der Waals surface area contributed by atoms with Crippen LogP contribution in [-0.2, 0) is 28.5 Å². The lowest BCUT2D eigenvalue weighted by molar-refractivity contribution is -0.307. The second-order valence-electron chi connectivity index (χ2n) is 19.5. The van der Waals surface area contributed by atoms with Gasteiger partial charge in [-0.3, -0.25) is 25.2 Å². The third-order valence-corrected chi connectivity index (χ3v) is 13.4. The van der Waals surface area contributed by atoms with Gasteiger partial charge in [0.15, 0.2) is 12.1 Å². The van der Waals surface area contributed by atoms with Crippen molar-refractivity contribution in [2.24, 2.45) is 23.5 Å². The molecule has 14 N–H and O–H groups in total. The number of hydrazine groups is 1. The molecule has 4 rings (SSSR count). The highest BCUT2D eigenvalue weighted by Crippen LogP contribution is 2.38. The molecule has 3 heterocycles. The molecule has 2 fully saturated rings. The van der Waals surface area contributed by atoms with Crippen LogP contribution in [0.2, 0.25) is 0 Å². The minimum absolute atomic E-state index is 0.122. The molecule has 2 saturated heterocycles. The lowest BCUT2D eigenvalue weighted by atomic mass is 9.82. The first-order valence-electron chi connectivity index (χ1n) is 25.2. The summed E-state index contributed by atoms with van der Waals surface area (Å²) in [4.78, 5) is 39.5. The first-order valence-corrected chi connectivity index (χ1v) is 25.2. The maximum absolute atomic E-state index is 13.9. The first kappa shape index (κ1) is 61.8. The highest BCUT2D eigenvalue weighted by molar-refractivity contribution is 5.95. The van der Waals surface area contributed by atoms with E-state index in [1.807, 2.05) is 19.1 Å². The number of carbonyl (C=O) groups is 3. The third-order valence-electron chi connectivity index (χ3n) is 13.4. The molecule has 0 spiro atoms. The SMILES string of the molecule is C[C@@H]1[C@H](O)[C@@H](C)/C=C/C=C/C=C/C=C/C=C/C=C/C=C/[C@H](O[C@@H]2O[C@H](C)[C@@H](O)[C@H](N)[C@@H]2O)C[C@@H]2O[C@](O)(C[C@@H](O)C[C@@H](O)[C@H](O)CC[C@@H](O)C[C@@H](O)CC(=O)O[C@H]1C)C[C@H](O)[C@H]2C(=O)NNC(=O)c1ccccc1. The summed E-state index contributed by atoms with van der Waals surface area (Å²) in [6, 6.07) is 6.79. The van der Waals surface area contributed by atoms with E-state index < -0.39 is 153 Å². The van der Waals surface area contributed by atoms with Crippen LogP contribution in [0.3, 0.4) is 0 Å². The minimum atomic E-state index is -2.37. The Kier molecular flexibility index (Phi) is 25.6. The zero-order valence-electron chi connectivity index (χ0n) is 42.4. The quantitative estimate of drug-likeness (QED) is 0.148. The van der Waals surface area contributed by atoms with Gasteiger partial charge < -0.3 is 75.7 Å². The molecule has 0 unspecified atom stereocenters. The Morgan fingerprint density at radius 2 is 1.24 bits per heavy atom. The van der Waals surface area contributed by atoms with Crippen molar-refractivity contribution < 1.29 is 84.4 Å². The standard InChI is InChI=1S/C54H79N3O17/c1-32-20-16-13-11-9-7-5-6-8-10-12-14-19-23-40(73-53-50(67)47(55)49(66)35(4)72-53)29-44-46(52(69)57-56-51(68)36-21-17-15-18-22-36)43(63)31-54(70,74-44)30-39(60)27-42(62)41(61)25-24-37(58)26-38(59)28-45(64)71-34(3)33(2)48(32)65/h5-23,32-35,37-44,46-50,53,58-63,65-67,70H,24-31,55H2,1-4H3,(H,56,68)(H,57,69)/b6-5+,9-7+,10-8+,13-11+,14-12+,20-16+,23-19+/t32-,33-,34-,35+,37+,38+,39-,40-,41+,42+,43-,44-,46+,47-,48+,49+,50-,53-,54+/m0/s1. The Hall–Kier alpha value is -4.75. The van der Waals surface area contributed by atoms with Gasteiger partial charge in [0.05, 0.1) is 85.5 Å². The van der Waals surface area contributed by atoms with Gasteiger partial charge in [-0.1, -0.05) is 117 Å². The van der Waals surface area contributed by atoms with E-state index in [1.165, 1.54) is 25.1 Å². The molecule has 3 aliphatic rings. The molecule has 74 heavy (non-hydrogen) atoms. The fraction of sp³-hybridized carbons (Fsp3) is 0.574. The van der Waals surface area contributed by atoms with Gasteiger partial charge in [0.1, 0.15) is 12.2 Å². The average molecular weight is 1040 g/mol. The van der Waals surface area contributed by atoms with Crippen LogP contribution in [0, 0.1) is 17.8 Å². The van der Waals surface area contributed by atoms with Gasteiger partial charge in [-0.2, -0.15) is 0 Å². The molecular formula is C54H79N3O17.